The van der Waals surface area contributed by atoms with Crippen LogP contribution in [0, 0.1) is 5.92 Å². The van der Waals surface area contributed by atoms with Crippen molar-refractivity contribution in [2.45, 2.75) is 44.7 Å². The fourth-order valence-corrected chi connectivity index (χ4v) is 3.17. The van der Waals surface area contributed by atoms with Crippen molar-refractivity contribution in [3.05, 3.63) is 42.4 Å². The van der Waals surface area contributed by atoms with Gasteiger partial charge in [0.2, 0.25) is 0 Å². The number of nitrogens with zero attached hydrogens (tertiary/aromatic N) is 3. The molecule has 2 aromatic rings. The highest BCUT2D eigenvalue weighted by molar-refractivity contribution is 5.88. The van der Waals surface area contributed by atoms with E-state index in [2.05, 4.69) is 20.7 Å². The molecule has 2 aromatic heterocycles. The van der Waals surface area contributed by atoms with Gasteiger partial charge in [-0.2, -0.15) is 5.10 Å². The molecular weight excluding hydrogens is 318 g/mol. The van der Waals surface area contributed by atoms with Crippen molar-refractivity contribution >= 4 is 11.8 Å². The number of aromatic nitrogens is 3. The van der Waals surface area contributed by atoms with Gasteiger partial charge in [-0.3, -0.25) is 15.0 Å². The Hall–Kier alpha value is -2.41. The molecule has 7 nitrogen and oxygen atoms in total. The van der Waals surface area contributed by atoms with Crippen LogP contribution in [0.3, 0.4) is 0 Å². The Kier molecular flexibility index (Phi) is 6.00. The number of hydrogen-bond donors (Lipinski definition) is 3. The third kappa shape index (κ3) is 5.29. The van der Waals surface area contributed by atoms with E-state index < -0.39 is 0 Å². The summed E-state index contributed by atoms with van der Waals surface area (Å²) in [6.45, 7) is 0.994. The molecule has 1 saturated carbocycles. The fraction of sp³-hybridized carbons (Fsp3) is 0.500. The highest BCUT2D eigenvalue weighted by Crippen LogP contribution is 2.23. The van der Waals surface area contributed by atoms with Crippen LogP contribution in [0.25, 0.3) is 0 Å². The Labute approximate surface area is 147 Å². The van der Waals surface area contributed by atoms with E-state index in [0.29, 0.717) is 11.7 Å². The van der Waals surface area contributed by atoms with Gasteiger partial charge in [-0.1, -0.05) is 0 Å². The van der Waals surface area contributed by atoms with Gasteiger partial charge in [0, 0.05) is 43.9 Å². The number of aliphatic hydroxyl groups excluding tert-OH is 1. The average molecular weight is 343 g/mol. The molecule has 0 aromatic carbocycles. The number of carbonyl (C=O) groups excluding carboxylic acids is 1. The van der Waals surface area contributed by atoms with Gasteiger partial charge < -0.3 is 10.4 Å². The lowest BCUT2D eigenvalue weighted by atomic mass is 9.87. The van der Waals surface area contributed by atoms with Crippen LogP contribution in [0.5, 0.6) is 0 Å². The first-order valence-corrected chi connectivity index (χ1v) is 8.83. The van der Waals surface area contributed by atoms with Crippen LogP contribution >= 0.6 is 0 Å². The lowest BCUT2D eigenvalue weighted by Crippen LogP contribution is -2.40. The summed E-state index contributed by atoms with van der Waals surface area (Å²) >= 11 is 0. The van der Waals surface area contributed by atoms with Crippen LogP contribution in [0.1, 0.15) is 31.2 Å². The number of nitrogens with one attached hydrogen (secondary N) is 2. The number of pyridine rings is 1. The third-order valence-corrected chi connectivity index (χ3v) is 4.70. The van der Waals surface area contributed by atoms with Crippen LogP contribution in [-0.4, -0.2) is 38.6 Å². The van der Waals surface area contributed by atoms with Crippen LogP contribution in [0.4, 0.5) is 10.6 Å². The highest BCUT2D eigenvalue weighted by atomic mass is 16.3. The van der Waals surface area contributed by atoms with Gasteiger partial charge in [0.25, 0.3) is 0 Å². The molecule has 0 saturated heterocycles. The normalized spacial score (nSPS) is 20.2. The van der Waals surface area contributed by atoms with Crippen molar-refractivity contribution in [2.24, 2.45) is 5.92 Å². The zero-order chi connectivity index (χ0) is 17.5. The van der Waals surface area contributed by atoms with Gasteiger partial charge in [-0.05, 0) is 55.7 Å². The third-order valence-electron chi connectivity index (χ3n) is 4.70. The molecule has 1 aliphatic rings. The fourth-order valence-electron chi connectivity index (χ4n) is 3.17. The maximum Gasteiger partial charge on any atom is 0.320 e. The Balaban J connectivity index is 1.42. The van der Waals surface area contributed by atoms with Gasteiger partial charge >= 0.3 is 6.03 Å². The number of aryl methyl sites for hydroxylation is 2. The van der Waals surface area contributed by atoms with Crippen molar-refractivity contribution in [2.75, 3.05) is 11.9 Å². The van der Waals surface area contributed by atoms with Crippen LogP contribution in [0.15, 0.2) is 36.8 Å². The topological polar surface area (TPSA) is 92.1 Å². The van der Waals surface area contributed by atoms with Crippen LogP contribution in [0.2, 0.25) is 0 Å². The van der Waals surface area contributed by atoms with E-state index in [-0.39, 0.29) is 18.7 Å². The molecule has 0 radical (unpaired) electrons. The molecule has 2 heterocycles. The zero-order valence-corrected chi connectivity index (χ0v) is 14.3. The summed E-state index contributed by atoms with van der Waals surface area (Å²) in [4.78, 5) is 16.1. The lowest BCUT2D eigenvalue weighted by molar-refractivity contribution is 0.176. The van der Waals surface area contributed by atoms with E-state index in [4.69, 9.17) is 5.11 Å². The molecule has 1 aliphatic carbocycles. The second kappa shape index (κ2) is 8.62. The zero-order valence-electron chi connectivity index (χ0n) is 14.3. The standard InChI is InChI=1S/C18H25N5O2/c24-13-15-1-3-16(4-2-15)20-18(25)21-17-8-12-23(22-17)11-7-14-5-9-19-10-6-14/h5-6,8-10,12,15-16,24H,1-4,7,11,13H2,(H2,20,21,22,25). The number of anilines is 1. The number of rotatable bonds is 6. The molecule has 3 rings (SSSR count). The predicted molar refractivity (Wildman–Crippen MR) is 95.2 cm³/mol. The van der Waals surface area contributed by atoms with Gasteiger partial charge in [0.05, 0.1) is 0 Å². The van der Waals surface area contributed by atoms with E-state index in [9.17, 15) is 4.79 Å². The first-order chi connectivity index (χ1) is 12.2. The lowest BCUT2D eigenvalue weighted by Gasteiger charge is -2.27. The second-order valence-corrected chi connectivity index (χ2v) is 6.57. The average Bonchev–Trinajstić information content (AvgIpc) is 3.08. The molecule has 7 heteroatoms. The van der Waals surface area contributed by atoms with Gasteiger partial charge in [0.1, 0.15) is 0 Å². The Morgan fingerprint density at radius 1 is 1.20 bits per heavy atom. The maximum absolute atomic E-state index is 12.1. The van der Waals surface area contributed by atoms with Crippen molar-refractivity contribution in [1.29, 1.82) is 0 Å². The summed E-state index contributed by atoms with van der Waals surface area (Å²) in [5.74, 6) is 0.938. The molecule has 0 aliphatic heterocycles. The molecule has 0 spiro atoms. The summed E-state index contributed by atoms with van der Waals surface area (Å²) < 4.78 is 1.82. The molecule has 3 N–H and O–H groups in total. The number of hydrogen-bond acceptors (Lipinski definition) is 4. The Bertz CT molecular complexity index is 665. The molecular formula is C18H25N5O2. The molecule has 134 valence electrons. The molecule has 25 heavy (non-hydrogen) atoms. The number of aliphatic hydroxyl groups is 1. The Morgan fingerprint density at radius 3 is 2.68 bits per heavy atom. The number of amides is 2. The highest BCUT2D eigenvalue weighted by Gasteiger charge is 2.21. The summed E-state index contributed by atoms with van der Waals surface area (Å²) in [5.41, 5.74) is 1.20. The van der Waals surface area contributed by atoms with Gasteiger partial charge in [-0.15, -0.1) is 0 Å². The molecule has 0 unspecified atom stereocenters. The van der Waals surface area contributed by atoms with E-state index >= 15 is 0 Å². The van der Waals surface area contributed by atoms with Crippen LogP contribution in [-0.2, 0) is 13.0 Å². The first-order valence-electron chi connectivity index (χ1n) is 8.83. The van der Waals surface area contributed by atoms with Crippen molar-refractivity contribution in [3.63, 3.8) is 0 Å². The second-order valence-electron chi connectivity index (χ2n) is 6.57. The predicted octanol–water partition coefficient (Wildman–Crippen LogP) is 2.19. The van der Waals surface area contributed by atoms with Gasteiger partial charge in [-0.25, -0.2) is 4.79 Å². The largest absolute Gasteiger partial charge is 0.396 e. The molecule has 0 bridgehead atoms. The van der Waals surface area contributed by atoms with E-state index in [1.807, 2.05) is 23.0 Å². The smallest absolute Gasteiger partial charge is 0.320 e. The Morgan fingerprint density at radius 2 is 1.96 bits per heavy atom. The van der Waals surface area contributed by atoms with Crippen LogP contribution < -0.4 is 10.6 Å². The first kappa shape index (κ1) is 17.4. The summed E-state index contributed by atoms with van der Waals surface area (Å²) in [7, 11) is 0. The maximum atomic E-state index is 12.1. The molecule has 2 amide bonds. The minimum atomic E-state index is -0.216. The van der Waals surface area contributed by atoms with Crippen molar-refractivity contribution in [1.82, 2.24) is 20.1 Å². The summed E-state index contributed by atoms with van der Waals surface area (Å²) in [6.07, 6.45) is 10.1. The molecule has 1 fully saturated rings. The monoisotopic (exact) mass is 343 g/mol. The molecule has 0 atom stereocenters. The number of carbonyl (C=O) groups is 1. The van der Waals surface area contributed by atoms with Gasteiger partial charge in [0.15, 0.2) is 5.82 Å². The summed E-state index contributed by atoms with van der Waals surface area (Å²) in [6, 6.07) is 5.74. The summed E-state index contributed by atoms with van der Waals surface area (Å²) in [5, 5.41) is 19.3. The number of urea groups is 1. The van der Waals surface area contributed by atoms with Crippen molar-refractivity contribution < 1.29 is 9.90 Å². The van der Waals surface area contributed by atoms with E-state index in [0.717, 1.165) is 38.6 Å². The minimum absolute atomic E-state index is 0.177. The quantitative estimate of drug-likeness (QED) is 0.750. The van der Waals surface area contributed by atoms with E-state index in [1.165, 1.54) is 5.56 Å². The minimum Gasteiger partial charge on any atom is -0.396 e. The SMILES string of the molecule is O=C(Nc1ccn(CCc2ccncc2)n1)NC1CCC(CO)CC1. The van der Waals surface area contributed by atoms with Crippen molar-refractivity contribution in [3.8, 4) is 0 Å². The van der Waals surface area contributed by atoms with E-state index in [1.54, 1.807) is 18.5 Å².